The van der Waals surface area contributed by atoms with Crippen LogP contribution in [0.2, 0.25) is 0 Å². The van der Waals surface area contributed by atoms with Crippen LogP contribution in [0.4, 0.5) is 0 Å². The lowest BCUT2D eigenvalue weighted by Gasteiger charge is -2.39. The van der Waals surface area contributed by atoms with Gasteiger partial charge in [-0.3, -0.25) is 4.79 Å². The number of ether oxygens (including phenoxy) is 1. The fourth-order valence-corrected chi connectivity index (χ4v) is 4.40. The molecule has 1 heterocycles. The van der Waals surface area contributed by atoms with Crippen molar-refractivity contribution in [3.63, 3.8) is 0 Å². The van der Waals surface area contributed by atoms with Gasteiger partial charge in [-0.1, -0.05) is 25.0 Å². The van der Waals surface area contributed by atoms with E-state index in [1.165, 1.54) is 0 Å². The SMILES string of the molecule is CNC1CCN(C(=O)C2(c3ccc(C)c(OC)c3)CCCC2)CC1.Cl. The average molecular weight is 367 g/mol. The Hall–Kier alpha value is -1.26. The number of nitrogens with zero attached hydrogens (tertiary/aromatic N) is 1. The summed E-state index contributed by atoms with van der Waals surface area (Å²) < 4.78 is 5.51. The van der Waals surface area contributed by atoms with Gasteiger partial charge in [-0.05, 0) is 56.8 Å². The molecule has 25 heavy (non-hydrogen) atoms. The first-order valence-electron chi connectivity index (χ1n) is 9.22. The molecular formula is C20H31ClN2O2. The maximum absolute atomic E-state index is 13.5. The Kier molecular flexibility index (Phi) is 6.75. The molecule has 0 spiro atoms. The number of methoxy groups -OCH3 is 1. The molecule has 1 aromatic carbocycles. The molecule has 3 rings (SSSR count). The van der Waals surface area contributed by atoms with Gasteiger partial charge in [-0.2, -0.15) is 0 Å². The molecular weight excluding hydrogens is 336 g/mol. The summed E-state index contributed by atoms with van der Waals surface area (Å²) in [7, 11) is 3.72. The highest BCUT2D eigenvalue weighted by Gasteiger charge is 2.45. The van der Waals surface area contributed by atoms with E-state index in [-0.39, 0.29) is 17.8 Å². The van der Waals surface area contributed by atoms with Gasteiger partial charge < -0.3 is 15.0 Å². The van der Waals surface area contributed by atoms with Crippen molar-refractivity contribution >= 4 is 18.3 Å². The highest BCUT2D eigenvalue weighted by Crippen LogP contribution is 2.44. The Morgan fingerprint density at radius 3 is 2.44 bits per heavy atom. The summed E-state index contributed by atoms with van der Waals surface area (Å²) in [6, 6.07) is 6.88. The van der Waals surface area contributed by atoms with Gasteiger partial charge in [0.2, 0.25) is 5.91 Å². The van der Waals surface area contributed by atoms with Crippen molar-refractivity contribution in [1.29, 1.82) is 0 Å². The van der Waals surface area contributed by atoms with Crippen LogP contribution in [-0.4, -0.2) is 44.1 Å². The molecule has 0 aromatic heterocycles. The minimum Gasteiger partial charge on any atom is -0.496 e. The molecule has 1 aliphatic carbocycles. The molecule has 2 fully saturated rings. The summed E-state index contributed by atoms with van der Waals surface area (Å²) in [5.41, 5.74) is 1.92. The van der Waals surface area contributed by atoms with Gasteiger partial charge in [0.05, 0.1) is 12.5 Å². The van der Waals surface area contributed by atoms with E-state index >= 15 is 0 Å². The first kappa shape index (κ1) is 20.1. The zero-order valence-corrected chi connectivity index (χ0v) is 16.5. The molecule has 140 valence electrons. The number of rotatable bonds is 4. The summed E-state index contributed by atoms with van der Waals surface area (Å²) in [6.07, 6.45) is 6.29. The first-order valence-corrected chi connectivity index (χ1v) is 9.22. The van der Waals surface area contributed by atoms with E-state index in [4.69, 9.17) is 4.74 Å². The van der Waals surface area contributed by atoms with Crippen molar-refractivity contribution < 1.29 is 9.53 Å². The van der Waals surface area contributed by atoms with Crippen LogP contribution in [0.15, 0.2) is 18.2 Å². The van der Waals surface area contributed by atoms with Crippen molar-refractivity contribution in [2.75, 3.05) is 27.2 Å². The molecule has 1 N–H and O–H groups in total. The Morgan fingerprint density at radius 1 is 1.24 bits per heavy atom. The third-order valence-corrected chi connectivity index (χ3v) is 6.02. The summed E-state index contributed by atoms with van der Waals surface area (Å²) in [6.45, 7) is 3.79. The zero-order valence-electron chi connectivity index (χ0n) is 15.6. The van der Waals surface area contributed by atoms with Gasteiger partial charge in [0.15, 0.2) is 0 Å². The molecule has 4 nitrogen and oxygen atoms in total. The third kappa shape index (κ3) is 3.80. The Labute approximate surface area is 157 Å². The fourth-order valence-electron chi connectivity index (χ4n) is 4.40. The Balaban J connectivity index is 0.00000225. The highest BCUT2D eigenvalue weighted by atomic mass is 35.5. The van der Waals surface area contributed by atoms with Gasteiger partial charge in [-0.25, -0.2) is 0 Å². The predicted molar refractivity (Wildman–Crippen MR) is 104 cm³/mol. The van der Waals surface area contributed by atoms with Gasteiger partial charge in [0, 0.05) is 19.1 Å². The molecule has 1 amide bonds. The van der Waals surface area contributed by atoms with Crippen molar-refractivity contribution in [2.24, 2.45) is 0 Å². The molecule has 1 aromatic rings. The van der Waals surface area contributed by atoms with Crippen molar-refractivity contribution in [1.82, 2.24) is 10.2 Å². The molecule has 1 saturated carbocycles. The number of nitrogens with one attached hydrogen (secondary N) is 1. The summed E-state index contributed by atoms with van der Waals surface area (Å²) in [4.78, 5) is 15.6. The summed E-state index contributed by atoms with van der Waals surface area (Å²) in [5.74, 6) is 1.22. The molecule has 0 radical (unpaired) electrons. The van der Waals surface area contributed by atoms with Crippen molar-refractivity contribution in [3.05, 3.63) is 29.3 Å². The number of carbonyl (C=O) groups is 1. The smallest absolute Gasteiger partial charge is 0.233 e. The van der Waals surface area contributed by atoms with Crippen LogP contribution in [0.1, 0.15) is 49.7 Å². The third-order valence-electron chi connectivity index (χ3n) is 6.02. The van der Waals surface area contributed by atoms with Crippen molar-refractivity contribution in [2.45, 2.75) is 56.9 Å². The number of halogens is 1. The normalized spacial score (nSPS) is 20.2. The number of hydrogen-bond donors (Lipinski definition) is 1. The fraction of sp³-hybridized carbons (Fsp3) is 0.650. The van der Waals surface area contributed by atoms with Gasteiger partial charge in [0.25, 0.3) is 0 Å². The molecule has 0 unspecified atom stereocenters. The highest BCUT2D eigenvalue weighted by molar-refractivity contribution is 5.89. The maximum atomic E-state index is 13.5. The monoisotopic (exact) mass is 366 g/mol. The van der Waals surface area contributed by atoms with E-state index in [2.05, 4.69) is 28.4 Å². The topological polar surface area (TPSA) is 41.6 Å². The quantitative estimate of drug-likeness (QED) is 0.887. The zero-order chi connectivity index (χ0) is 17.2. The second-order valence-electron chi connectivity index (χ2n) is 7.33. The van der Waals surface area contributed by atoms with Crippen LogP contribution < -0.4 is 10.1 Å². The van der Waals surface area contributed by atoms with Crippen LogP contribution in [0.3, 0.4) is 0 Å². The second kappa shape index (κ2) is 8.41. The standard InChI is InChI=1S/C20H30N2O2.ClH/c1-15-6-7-16(14-18(15)24-3)20(10-4-5-11-20)19(23)22-12-8-17(21-2)9-13-22;/h6-7,14,17,21H,4-5,8-13H2,1-3H3;1H. The van der Waals surface area contributed by atoms with E-state index in [9.17, 15) is 4.79 Å². The number of carbonyl (C=O) groups excluding carboxylic acids is 1. The Morgan fingerprint density at radius 2 is 1.88 bits per heavy atom. The summed E-state index contributed by atoms with van der Waals surface area (Å²) >= 11 is 0. The molecule has 5 heteroatoms. The van der Waals surface area contributed by atoms with Crippen LogP contribution in [0.5, 0.6) is 5.75 Å². The van der Waals surface area contributed by atoms with Crippen LogP contribution in [-0.2, 0) is 10.2 Å². The van der Waals surface area contributed by atoms with Gasteiger partial charge in [-0.15, -0.1) is 12.4 Å². The van der Waals surface area contributed by atoms with Crippen molar-refractivity contribution in [3.8, 4) is 5.75 Å². The minimum absolute atomic E-state index is 0. The van der Waals surface area contributed by atoms with E-state index in [1.807, 2.05) is 14.0 Å². The lowest BCUT2D eigenvalue weighted by molar-refractivity contribution is -0.138. The van der Waals surface area contributed by atoms with Crippen LogP contribution >= 0.6 is 12.4 Å². The minimum atomic E-state index is -0.340. The molecule has 2 aliphatic rings. The van der Waals surface area contributed by atoms with Crippen LogP contribution in [0, 0.1) is 6.92 Å². The van der Waals surface area contributed by atoms with Gasteiger partial charge >= 0.3 is 0 Å². The molecule has 0 bridgehead atoms. The maximum Gasteiger partial charge on any atom is 0.233 e. The number of hydrogen-bond acceptors (Lipinski definition) is 3. The second-order valence-corrected chi connectivity index (χ2v) is 7.33. The molecule has 0 atom stereocenters. The summed E-state index contributed by atoms with van der Waals surface area (Å²) in [5, 5.41) is 3.34. The lowest BCUT2D eigenvalue weighted by Crippen LogP contribution is -2.50. The van der Waals surface area contributed by atoms with E-state index in [0.717, 1.165) is 68.5 Å². The number of aryl methyl sites for hydroxylation is 1. The predicted octanol–water partition coefficient (Wildman–Crippen LogP) is 3.45. The molecule has 1 saturated heterocycles. The van der Waals surface area contributed by atoms with E-state index < -0.39 is 0 Å². The number of amides is 1. The van der Waals surface area contributed by atoms with E-state index in [0.29, 0.717) is 11.9 Å². The van der Waals surface area contributed by atoms with Gasteiger partial charge in [0.1, 0.15) is 5.75 Å². The lowest BCUT2D eigenvalue weighted by atomic mass is 9.76. The number of likely N-dealkylation sites (tertiary alicyclic amines) is 1. The van der Waals surface area contributed by atoms with Crippen LogP contribution in [0.25, 0.3) is 0 Å². The largest absolute Gasteiger partial charge is 0.496 e. The molecule has 1 aliphatic heterocycles. The Bertz CT molecular complexity index is 591. The average Bonchev–Trinajstić information content (AvgIpc) is 3.12. The number of benzene rings is 1. The van der Waals surface area contributed by atoms with E-state index in [1.54, 1.807) is 7.11 Å². The first-order chi connectivity index (χ1) is 11.6. The number of piperidine rings is 1.